The third-order valence-electron chi connectivity index (χ3n) is 2.34. The van der Waals surface area contributed by atoms with Crippen molar-refractivity contribution in [3.05, 3.63) is 28.3 Å². The van der Waals surface area contributed by atoms with Crippen molar-refractivity contribution in [3.8, 4) is 0 Å². The van der Waals surface area contributed by atoms with Crippen LogP contribution in [0, 0.1) is 6.92 Å². The molecule has 0 atom stereocenters. The van der Waals surface area contributed by atoms with E-state index in [0.717, 1.165) is 15.7 Å². The second-order valence-electron chi connectivity index (χ2n) is 3.70. The largest absolute Gasteiger partial charge is 0.237 e. The molecule has 0 aliphatic heterocycles. The van der Waals surface area contributed by atoms with Gasteiger partial charge in [0.1, 0.15) is 6.33 Å². The fraction of sp³-hybridized carbons (Fsp3) is 0.400. The molecule has 14 heavy (non-hydrogen) atoms. The van der Waals surface area contributed by atoms with Crippen molar-refractivity contribution in [2.75, 3.05) is 0 Å². The predicted molar refractivity (Wildman–Crippen MR) is 59.5 cm³/mol. The summed E-state index contributed by atoms with van der Waals surface area (Å²) >= 11 is 3.50. The van der Waals surface area contributed by atoms with Gasteiger partial charge in [0.15, 0.2) is 0 Å². The SMILES string of the molecule is Cc1c(Br)cn2ncnc(C(C)C)c12. The maximum absolute atomic E-state index is 4.33. The quantitative estimate of drug-likeness (QED) is 0.783. The third kappa shape index (κ3) is 1.34. The van der Waals surface area contributed by atoms with Crippen molar-refractivity contribution in [1.29, 1.82) is 0 Å². The van der Waals surface area contributed by atoms with Gasteiger partial charge in [-0.25, -0.2) is 9.50 Å². The molecule has 0 aliphatic carbocycles. The molecular formula is C10H12BrN3. The molecule has 2 rings (SSSR count). The molecule has 0 aliphatic rings. The molecule has 2 heterocycles. The molecule has 0 fully saturated rings. The van der Waals surface area contributed by atoms with Crippen LogP contribution in [0.1, 0.15) is 31.0 Å². The van der Waals surface area contributed by atoms with E-state index < -0.39 is 0 Å². The summed E-state index contributed by atoms with van der Waals surface area (Å²) in [5, 5.41) is 4.18. The van der Waals surface area contributed by atoms with Gasteiger partial charge in [0.2, 0.25) is 0 Å². The van der Waals surface area contributed by atoms with Crippen molar-refractivity contribution in [3.63, 3.8) is 0 Å². The second kappa shape index (κ2) is 3.35. The molecule has 0 saturated heterocycles. The maximum Gasteiger partial charge on any atom is 0.136 e. The van der Waals surface area contributed by atoms with Gasteiger partial charge in [-0.1, -0.05) is 13.8 Å². The lowest BCUT2D eigenvalue weighted by Gasteiger charge is -2.06. The first kappa shape index (κ1) is 9.65. The minimum atomic E-state index is 0.418. The van der Waals surface area contributed by atoms with Crippen molar-refractivity contribution in [1.82, 2.24) is 14.6 Å². The zero-order valence-electron chi connectivity index (χ0n) is 8.45. The molecule has 0 radical (unpaired) electrons. The highest BCUT2D eigenvalue weighted by Gasteiger charge is 2.12. The van der Waals surface area contributed by atoms with Crippen LogP contribution in [0.25, 0.3) is 5.52 Å². The smallest absolute Gasteiger partial charge is 0.136 e. The monoisotopic (exact) mass is 253 g/mol. The van der Waals surface area contributed by atoms with Gasteiger partial charge in [0, 0.05) is 10.7 Å². The predicted octanol–water partition coefficient (Wildman–Crippen LogP) is 2.92. The van der Waals surface area contributed by atoms with Crippen LogP contribution < -0.4 is 0 Å². The van der Waals surface area contributed by atoms with E-state index in [1.54, 1.807) is 6.33 Å². The van der Waals surface area contributed by atoms with Crippen molar-refractivity contribution in [2.24, 2.45) is 0 Å². The highest BCUT2D eigenvalue weighted by Crippen LogP contribution is 2.26. The molecule has 0 spiro atoms. The number of halogens is 1. The number of aryl methyl sites for hydroxylation is 1. The van der Waals surface area contributed by atoms with Gasteiger partial charge in [-0.3, -0.25) is 0 Å². The fourth-order valence-electron chi connectivity index (χ4n) is 1.58. The summed E-state index contributed by atoms with van der Waals surface area (Å²) in [5.41, 5.74) is 3.42. The van der Waals surface area contributed by atoms with Crippen LogP contribution >= 0.6 is 15.9 Å². The summed E-state index contributed by atoms with van der Waals surface area (Å²) in [5.74, 6) is 0.418. The Bertz CT molecular complexity index is 473. The number of hydrogen-bond donors (Lipinski definition) is 0. The molecule has 0 N–H and O–H groups in total. The Morgan fingerprint density at radius 3 is 2.79 bits per heavy atom. The van der Waals surface area contributed by atoms with Crippen LogP contribution in [-0.4, -0.2) is 14.6 Å². The molecule has 0 aromatic carbocycles. The maximum atomic E-state index is 4.33. The molecule has 74 valence electrons. The minimum Gasteiger partial charge on any atom is -0.237 e. The molecule has 0 unspecified atom stereocenters. The summed E-state index contributed by atoms with van der Waals surface area (Å²) in [6, 6.07) is 0. The molecule has 0 saturated carbocycles. The summed E-state index contributed by atoms with van der Waals surface area (Å²) in [6.07, 6.45) is 3.58. The molecule has 2 aromatic rings. The van der Waals surface area contributed by atoms with Gasteiger partial charge in [0.05, 0.1) is 11.2 Å². The van der Waals surface area contributed by atoms with Gasteiger partial charge < -0.3 is 0 Å². The topological polar surface area (TPSA) is 30.2 Å². The van der Waals surface area contributed by atoms with Crippen molar-refractivity contribution in [2.45, 2.75) is 26.7 Å². The van der Waals surface area contributed by atoms with E-state index in [9.17, 15) is 0 Å². The third-order valence-corrected chi connectivity index (χ3v) is 3.14. The zero-order valence-corrected chi connectivity index (χ0v) is 10.0. The number of nitrogens with zero attached hydrogens (tertiary/aromatic N) is 3. The standard InChI is InChI=1S/C10H12BrN3/c1-6(2)9-10-7(3)8(11)4-14(10)13-5-12-9/h4-6H,1-3H3. The Morgan fingerprint density at radius 1 is 1.43 bits per heavy atom. The van der Waals surface area contributed by atoms with Gasteiger partial charge in [-0.15, -0.1) is 0 Å². The van der Waals surface area contributed by atoms with E-state index in [1.807, 2.05) is 10.7 Å². The molecule has 3 nitrogen and oxygen atoms in total. The number of hydrogen-bond acceptors (Lipinski definition) is 2. The molecule has 0 bridgehead atoms. The Labute approximate surface area is 91.3 Å². The summed E-state index contributed by atoms with van der Waals surface area (Å²) in [7, 11) is 0. The number of aromatic nitrogens is 3. The lowest BCUT2D eigenvalue weighted by atomic mass is 10.1. The Kier molecular flexibility index (Phi) is 2.31. The minimum absolute atomic E-state index is 0.418. The lowest BCUT2D eigenvalue weighted by molar-refractivity contribution is 0.785. The Balaban J connectivity index is 2.84. The van der Waals surface area contributed by atoms with E-state index in [4.69, 9.17) is 0 Å². The van der Waals surface area contributed by atoms with Crippen LogP contribution in [0.5, 0.6) is 0 Å². The molecule has 2 aromatic heterocycles. The summed E-state index contributed by atoms with van der Waals surface area (Å²) in [6.45, 7) is 6.36. The van der Waals surface area contributed by atoms with Gasteiger partial charge in [-0.2, -0.15) is 5.10 Å². The van der Waals surface area contributed by atoms with E-state index in [2.05, 4.69) is 46.8 Å². The molecule has 4 heteroatoms. The van der Waals surface area contributed by atoms with Gasteiger partial charge >= 0.3 is 0 Å². The first-order chi connectivity index (χ1) is 6.61. The highest BCUT2D eigenvalue weighted by molar-refractivity contribution is 9.10. The van der Waals surface area contributed by atoms with Crippen molar-refractivity contribution < 1.29 is 0 Å². The second-order valence-corrected chi connectivity index (χ2v) is 4.55. The van der Waals surface area contributed by atoms with Crippen molar-refractivity contribution >= 4 is 21.4 Å². The zero-order chi connectivity index (χ0) is 10.3. The normalized spacial score (nSPS) is 11.5. The fourth-order valence-corrected chi connectivity index (χ4v) is 1.96. The highest BCUT2D eigenvalue weighted by atomic mass is 79.9. The van der Waals surface area contributed by atoms with Gasteiger partial charge in [0.25, 0.3) is 0 Å². The molecular weight excluding hydrogens is 242 g/mol. The Hall–Kier alpha value is -0.900. The average Bonchev–Trinajstić information content (AvgIpc) is 2.43. The lowest BCUT2D eigenvalue weighted by Crippen LogP contribution is -2.00. The summed E-state index contributed by atoms with van der Waals surface area (Å²) < 4.78 is 2.96. The first-order valence-electron chi connectivity index (χ1n) is 4.59. The van der Waals surface area contributed by atoms with Gasteiger partial charge in [-0.05, 0) is 34.3 Å². The van der Waals surface area contributed by atoms with Crippen LogP contribution in [-0.2, 0) is 0 Å². The number of rotatable bonds is 1. The number of fused-ring (bicyclic) bond motifs is 1. The molecule has 0 amide bonds. The van der Waals surface area contributed by atoms with E-state index in [1.165, 1.54) is 5.56 Å². The average molecular weight is 254 g/mol. The van der Waals surface area contributed by atoms with Crippen LogP contribution in [0.4, 0.5) is 0 Å². The van der Waals surface area contributed by atoms with Crippen LogP contribution in [0.3, 0.4) is 0 Å². The summed E-state index contributed by atoms with van der Waals surface area (Å²) in [4.78, 5) is 4.33. The van der Waals surface area contributed by atoms with E-state index in [0.29, 0.717) is 5.92 Å². The first-order valence-corrected chi connectivity index (χ1v) is 5.39. The van der Waals surface area contributed by atoms with Crippen LogP contribution in [0.15, 0.2) is 17.0 Å². The Morgan fingerprint density at radius 2 is 2.14 bits per heavy atom. The van der Waals surface area contributed by atoms with Crippen LogP contribution in [0.2, 0.25) is 0 Å². The van der Waals surface area contributed by atoms with E-state index >= 15 is 0 Å². The van der Waals surface area contributed by atoms with E-state index in [-0.39, 0.29) is 0 Å².